The van der Waals surface area contributed by atoms with E-state index in [-0.39, 0.29) is 6.10 Å². The Morgan fingerprint density at radius 2 is 1.94 bits per heavy atom. The van der Waals surface area contributed by atoms with E-state index in [2.05, 4.69) is 34.6 Å². The molecular formula is C15H30O. The Kier molecular flexibility index (Phi) is 4.85. The van der Waals surface area contributed by atoms with Crippen molar-refractivity contribution in [2.75, 3.05) is 0 Å². The first-order valence-corrected chi connectivity index (χ1v) is 7.02. The molecule has 0 amide bonds. The van der Waals surface area contributed by atoms with Crippen molar-refractivity contribution in [2.24, 2.45) is 23.2 Å². The summed E-state index contributed by atoms with van der Waals surface area (Å²) in [5, 5.41) is 9.91. The minimum atomic E-state index is -0.107. The third-order valence-electron chi connectivity index (χ3n) is 4.71. The van der Waals surface area contributed by atoms with Crippen molar-refractivity contribution in [3.8, 4) is 0 Å². The molecule has 0 aromatic rings. The second-order valence-electron chi connectivity index (χ2n) is 6.85. The minimum absolute atomic E-state index is 0.107. The summed E-state index contributed by atoms with van der Waals surface area (Å²) < 4.78 is 0. The van der Waals surface area contributed by atoms with Gasteiger partial charge in [-0.05, 0) is 42.4 Å². The first-order valence-electron chi connectivity index (χ1n) is 7.02. The van der Waals surface area contributed by atoms with E-state index in [0.717, 1.165) is 18.3 Å². The van der Waals surface area contributed by atoms with E-state index in [9.17, 15) is 5.11 Å². The molecule has 1 saturated carbocycles. The van der Waals surface area contributed by atoms with Gasteiger partial charge in [0.1, 0.15) is 0 Å². The normalized spacial score (nSPS) is 31.7. The van der Waals surface area contributed by atoms with E-state index in [1.54, 1.807) is 0 Å². The van der Waals surface area contributed by atoms with Crippen molar-refractivity contribution in [3.05, 3.63) is 0 Å². The lowest BCUT2D eigenvalue weighted by Gasteiger charge is -2.43. The molecule has 0 bridgehead atoms. The van der Waals surface area contributed by atoms with E-state index in [4.69, 9.17) is 0 Å². The number of aliphatic hydroxyl groups is 1. The summed E-state index contributed by atoms with van der Waals surface area (Å²) >= 11 is 0. The molecule has 1 rings (SSSR count). The van der Waals surface area contributed by atoms with Crippen LogP contribution in [-0.2, 0) is 0 Å². The third-order valence-corrected chi connectivity index (χ3v) is 4.71. The van der Waals surface area contributed by atoms with Crippen LogP contribution in [0.25, 0.3) is 0 Å². The summed E-state index contributed by atoms with van der Waals surface area (Å²) in [6, 6.07) is 0. The van der Waals surface area contributed by atoms with Gasteiger partial charge in [0.05, 0.1) is 6.10 Å². The molecule has 0 heterocycles. The topological polar surface area (TPSA) is 20.2 Å². The number of hydrogen-bond acceptors (Lipinski definition) is 1. The van der Waals surface area contributed by atoms with Crippen LogP contribution in [0.4, 0.5) is 0 Å². The fourth-order valence-electron chi connectivity index (χ4n) is 3.40. The second kappa shape index (κ2) is 5.53. The number of hydrogen-bond donors (Lipinski definition) is 1. The fraction of sp³-hybridized carbons (Fsp3) is 1.00. The lowest BCUT2D eigenvalue weighted by molar-refractivity contribution is 0.0472. The first kappa shape index (κ1) is 14.0. The zero-order chi connectivity index (χ0) is 12.3. The molecule has 0 spiro atoms. The quantitative estimate of drug-likeness (QED) is 0.760. The minimum Gasteiger partial charge on any atom is -0.393 e. The van der Waals surface area contributed by atoms with Crippen LogP contribution in [0.5, 0.6) is 0 Å². The van der Waals surface area contributed by atoms with Gasteiger partial charge in [0.25, 0.3) is 0 Å². The largest absolute Gasteiger partial charge is 0.393 e. The van der Waals surface area contributed by atoms with Crippen LogP contribution >= 0.6 is 0 Å². The van der Waals surface area contributed by atoms with Crippen LogP contribution in [0.3, 0.4) is 0 Å². The average molecular weight is 226 g/mol. The molecule has 16 heavy (non-hydrogen) atoms. The van der Waals surface area contributed by atoms with Crippen molar-refractivity contribution in [1.29, 1.82) is 0 Å². The maximum Gasteiger partial charge on any atom is 0.0563 e. The maximum absolute atomic E-state index is 9.91. The van der Waals surface area contributed by atoms with Crippen LogP contribution in [0.1, 0.15) is 66.7 Å². The van der Waals surface area contributed by atoms with Crippen molar-refractivity contribution < 1.29 is 5.11 Å². The molecule has 1 aliphatic rings. The molecule has 1 heteroatoms. The highest BCUT2D eigenvalue weighted by Crippen LogP contribution is 2.46. The smallest absolute Gasteiger partial charge is 0.0563 e. The van der Waals surface area contributed by atoms with Crippen molar-refractivity contribution in [3.63, 3.8) is 0 Å². The Balaban J connectivity index is 2.49. The van der Waals surface area contributed by atoms with Gasteiger partial charge < -0.3 is 5.11 Å². The summed E-state index contributed by atoms with van der Waals surface area (Å²) in [5.41, 5.74) is 0.481. The first-order chi connectivity index (χ1) is 7.34. The summed E-state index contributed by atoms with van der Waals surface area (Å²) in [6.07, 6.45) is 6.21. The van der Waals surface area contributed by atoms with E-state index in [1.807, 2.05) is 0 Å². The average Bonchev–Trinajstić information content (AvgIpc) is 2.15. The molecule has 0 aliphatic heterocycles. The van der Waals surface area contributed by atoms with E-state index < -0.39 is 0 Å². The van der Waals surface area contributed by atoms with Crippen LogP contribution < -0.4 is 0 Å². The summed E-state index contributed by atoms with van der Waals surface area (Å²) in [5.74, 6) is 2.04. The summed E-state index contributed by atoms with van der Waals surface area (Å²) in [4.78, 5) is 0. The predicted molar refractivity (Wildman–Crippen MR) is 70.4 cm³/mol. The zero-order valence-corrected chi connectivity index (χ0v) is 11.8. The van der Waals surface area contributed by atoms with E-state index in [0.29, 0.717) is 11.3 Å². The predicted octanol–water partition coefficient (Wildman–Crippen LogP) is 4.25. The van der Waals surface area contributed by atoms with Crippen LogP contribution in [0.15, 0.2) is 0 Å². The zero-order valence-electron chi connectivity index (χ0n) is 11.8. The van der Waals surface area contributed by atoms with Crippen LogP contribution in [-0.4, -0.2) is 11.2 Å². The van der Waals surface area contributed by atoms with Gasteiger partial charge in [0.2, 0.25) is 0 Å². The molecule has 1 N–H and O–H groups in total. The third kappa shape index (κ3) is 3.48. The van der Waals surface area contributed by atoms with Gasteiger partial charge in [-0.25, -0.2) is 0 Å². The molecule has 0 saturated heterocycles. The van der Waals surface area contributed by atoms with Crippen molar-refractivity contribution in [2.45, 2.75) is 72.8 Å². The highest BCUT2D eigenvalue weighted by Gasteiger charge is 2.36. The van der Waals surface area contributed by atoms with Gasteiger partial charge >= 0.3 is 0 Å². The van der Waals surface area contributed by atoms with Crippen LogP contribution in [0, 0.1) is 23.2 Å². The Morgan fingerprint density at radius 3 is 2.44 bits per heavy atom. The SMILES string of the molecule is CC(C)C(O)CCC1[C@@H](C)CCCC1(C)C. The number of rotatable bonds is 4. The van der Waals surface area contributed by atoms with Gasteiger partial charge in [-0.2, -0.15) is 0 Å². The summed E-state index contributed by atoms with van der Waals surface area (Å²) in [7, 11) is 0. The van der Waals surface area contributed by atoms with Crippen molar-refractivity contribution >= 4 is 0 Å². The van der Waals surface area contributed by atoms with Gasteiger partial charge in [0, 0.05) is 0 Å². The van der Waals surface area contributed by atoms with Gasteiger partial charge in [-0.3, -0.25) is 0 Å². The molecule has 0 aromatic heterocycles. The lowest BCUT2D eigenvalue weighted by Crippen LogP contribution is -2.34. The maximum atomic E-state index is 9.91. The summed E-state index contributed by atoms with van der Waals surface area (Å²) in [6.45, 7) is 11.4. The Labute approximate surface area is 102 Å². The van der Waals surface area contributed by atoms with Gasteiger partial charge in [-0.15, -0.1) is 0 Å². The molecule has 1 nitrogen and oxygen atoms in total. The standard InChI is InChI=1S/C15H30O/c1-11(2)14(16)9-8-13-12(3)7-6-10-15(13,4)5/h11-14,16H,6-10H2,1-5H3/t12-,13?,14?/m0/s1. The lowest BCUT2D eigenvalue weighted by atomic mass is 9.62. The number of aliphatic hydroxyl groups excluding tert-OH is 1. The van der Waals surface area contributed by atoms with Gasteiger partial charge in [0.15, 0.2) is 0 Å². The van der Waals surface area contributed by atoms with Gasteiger partial charge in [-0.1, -0.05) is 47.5 Å². The molecule has 2 unspecified atom stereocenters. The van der Waals surface area contributed by atoms with Crippen molar-refractivity contribution in [1.82, 2.24) is 0 Å². The molecule has 1 fully saturated rings. The Hall–Kier alpha value is -0.0400. The monoisotopic (exact) mass is 226 g/mol. The molecule has 3 atom stereocenters. The molecule has 0 aromatic carbocycles. The second-order valence-corrected chi connectivity index (χ2v) is 6.85. The molecular weight excluding hydrogens is 196 g/mol. The molecule has 1 aliphatic carbocycles. The fourth-order valence-corrected chi connectivity index (χ4v) is 3.40. The van der Waals surface area contributed by atoms with E-state index in [1.165, 1.54) is 25.7 Å². The van der Waals surface area contributed by atoms with E-state index >= 15 is 0 Å². The molecule has 0 radical (unpaired) electrons. The molecule has 96 valence electrons. The Bertz CT molecular complexity index is 207. The highest BCUT2D eigenvalue weighted by molar-refractivity contribution is 4.86. The Morgan fingerprint density at radius 1 is 1.31 bits per heavy atom. The van der Waals surface area contributed by atoms with Crippen LogP contribution in [0.2, 0.25) is 0 Å². The highest BCUT2D eigenvalue weighted by atomic mass is 16.3.